The van der Waals surface area contributed by atoms with Crippen LogP contribution in [0.2, 0.25) is 0 Å². The number of piperidine rings is 1. The first-order valence-corrected chi connectivity index (χ1v) is 20.1. The topological polar surface area (TPSA) is 200 Å². The molecule has 56 heavy (non-hydrogen) atoms. The van der Waals surface area contributed by atoms with Crippen LogP contribution in [0.15, 0.2) is 36.7 Å². The molecule has 0 bridgehead atoms. The normalized spacial score (nSPS) is 17.5. The number of aromatic nitrogens is 6. The molecule has 0 radical (unpaired) electrons. The molecule has 1 aliphatic carbocycles. The number of carbonyl (C=O) groups excluding carboxylic acids is 2. The molecule has 0 aromatic carbocycles. The van der Waals surface area contributed by atoms with Gasteiger partial charge in [-0.05, 0) is 96.0 Å². The fourth-order valence-electron chi connectivity index (χ4n) is 7.38. The smallest absolute Gasteiger partial charge is 0.222 e. The van der Waals surface area contributed by atoms with Gasteiger partial charge in [0.2, 0.25) is 11.9 Å². The molecule has 6 rings (SSSR count). The van der Waals surface area contributed by atoms with Gasteiger partial charge in [0.05, 0.1) is 17.1 Å². The molecular formula is C41H65N11O2S2. The first-order valence-electron chi connectivity index (χ1n) is 20.1. The molecule has 1 aliphatic heterocycles. The first kappa shape index (κ1) is 46.6. The summed E-state index contributed by atoms with van der Waals surface area (Å²) in [5.74, 6) is 2.77. The Hall–Kier alpha value is -3.82. The molecule has 308 valence electrons. The Morgan fingerprint density at radius 3 is 1.64 bits per heavy atom. The molecule has 1 saturated carbocycles. The monoisotopic (exact) mass is 807 g/mol. The number of nitrogens with two attached hydrogens (primary N) is 2. The number of carbonyl (C=O) groups is 2. The van der Waals surface area contributed by atoms with Crippen LogP contribution in [-0.2, 0) is 9.59 Å². The number of rotatable bonds is 18. The second kappa shape index (κ2) is 22.2. The van der Waals surface area contributed by atoms with Gasteiger partial charge in [-0.3, -0.25) is 19.6 Å². The molecular weight excluding hydrogens is 743 g/mol. The van der Waals surface area contributed by atoms with Crippen molar-refractivity contribution in [1.82, 2.24) is 35.2 Å². The molecule has 2 fully saturated rings. The highest BCUT2D eigenvalue weighted by molar-refractivity contribution is 7.59. The van der Waals surface area contributed by atoms with Gasteiger partial charge in [-0.25, -0.2) is 9.97 Å². The van der Waals surface area contributed by atoms with Gasteiger partial charge in [0.1, 0.15) is 22.6 Å². The van der Waals surface area contributed by atoms with Crippen LogP contribution in [0.25, 0.3) is 22.1 Å². The Labute approximate surface area is 346 Å². The van der Waals surface area contributed by atoms with Gasteiger partial charge >= 0.3 is 0 Å². The van der Waals surface area contributed by atoms with E-state index in [0.717, 1.165) is 107 Å². The Morgan fingerprint density at radius 2 is 1.21 bits per heavy atom. The van der Waals surface area contributed by atoms with E-state index >= 15 is 0 Å². The van der Waals surface area contributed by atoms with Crippen molar-refractivity contribution >= 4 is 84.2 Å². The summed E-state index contributed by atoms with van der Waals surface area (Å²) in [7, 11) is 0. The molecule has 5 heterocycles. The Bertz CT molecular complexity index is 1860. The Morgan fingerprint density at radius 1 is 0.714 bits per heavy atom. The maximum absolute atomic E-state index is 12.7. The SMILES string of the molecule is CCCCC(C)(CCC(=O)C1CCC1)Nc1nc(N)nc2cccnc12.CCCCC(C)(CCC(=O)[C@@H]1CCCCN1)Nc1nc(N)nc2cccnc12.S.S. The molecule has 4 aromatic rings. The van der Waals surface area contributed by atoms with Crippen molar-refractivity contribution in [2.75, 3.05) is 28.6 Å². The number of ketones is 2. The van der Waals surface area contributed by atoms with Crippen LogP contribution in [0.1, 0.15) is 130 Å². The zero-order chi connectivity index (χ0) is 38.6. The molecule has 4 aromatic heterocycles. The lowest BCUT2D eigenvalue weighted by molar-refractivity contribution is -0.125. The fraction of sp³-hybridized carbons (Fsp3) is 0.610. The summed E-state index contributed by atoms with van der Waals surface area (Å²) in [5.41, 5.74) is 14.2. The largest absolute Gasteiger partial charge is 0.368 e. The van der Waals surface area contributed by atoms with Crippen molar-refractivity contribution in [3.63, 3.8) is 0 Å². The number of nitrogen functional groups attached to an aromatic ring is 2. The van der Waals surface area contributed by atoms with Crippen LogP contribution >= 0.6 is 27.0 Å². The van der Waals surface area contributed by atoms with E-state index in [1.54, 1.807) is 12.4 Å². The molecule has 7 N–H and O–H groups in total. The first-order chi connectivity index (χ1) is 26.0. The van der Waals surface area contributed by atoms with E-state index in [9.17, 15) is 9.59 Å². The molecule has 1 saturated heterocycles. The average Bonchev–Trinajstić information content (AvgIpc) is 3.14. The number of pyridine rings is 2. The lowest BCUT2D eigenvalue weighted by Gasteiger charge is -2.33. The molecule has 0 spiro atoms. The predicted octanol–water partition coefficient (Wildman–Crippen LogP) is 7.80. The molecule has 0 amide bonds. The van der Waals surface area contributed by atoms with E-state index in [-0.39, 0.29) is 56.0 Å². The number of nitrogens with zero attached hydrogens (tertiary/aromatic N) is 6. The summed E-state index contributed by atoms with van der Waals surface area (Å²) in [5, 5.41) is 10.5. The number of hydrogen-bond donors (Lipinski definition) is 5. The quantitative estimate of drug-likeness (QED) is 0.0653. The van der Waals surface area contributed by atoms with Gasteiger partial charge in [-0.1, -0.05) is 52.4 Å². The summed E-state index contributed by atoms with van der Waals surface area (Å²) in [6.45, 7) is 9.64. The Kier molecular flexibility index (Phi) is 18.5. The molecule has 3 atom stereocenters. The highest BCUT2D eigenvalue weighted by Gasteiger charge is 2.31. The number of nitrogens with one attached hydrogen (secondary N) is 3. The van der Waals surface area contributed by atoms with Gasteiger partial charge in [-0.2, -0.15) is 37.0 Å². The lowest BCUT2D eigenvalue weighted by Crippen LogP contribution is -2.42. The van der Waals surface area contributed by atoms with Crippen molar-refractivity contribution < 1.29 is 9.59 Å². The maximum Gasteiger partial charge on any atom is 0.222 e. The van der Waals surface area contributed by atoms with E-state index in [4.69, 9.17) is 11.5 Å². The summed E-state index contributed by atoms with van der Waals surface area (Å²) >= 11 is 0. The van der Waals surface area contributed by atoms with Crippen molar-refractivity contribution in [2.45, 2.75) is 148 Å². The van der Waals surface area contributed by atoms with Crippen LogP contribution in [-0.4, -0.2) is 65.1 Å². The lowest BCUT2D eigenvalue weighted by atomic mass is 9.79. The summed E-state index contributed by atoms with van der Waals surface area (Å²) in [6, 6.07) is 7.46. The van der Waals surface area contributed by atoms with Gasteiger partial charge in [-0.15, -0.1) is 0 Å². The zero-order valence-electron chi connectivity index (χ0n) is 33.8. The van der Waals surface area contributed by atoms with Gasteiger partial charge in [0, 0.05) is 42.2 Å². The highest BCUT2D eigenvalue weighted by Crippen LogP contribution is 2.33. The summed E-state index contributed by atoms with van der Waals surface area (Å²) in [4.78, 5) is 51.2. The van der Waals surface area contributed by atoms with E-state index in [0.29, 0.717) is 47.5 Å². The maximum atomic E-state index is 12.7. The van der Waals surface area contributed by atoms with Gasteiger partial charge in [0.15, 0.2) is 11.6 Å². The van der Waals surface area contributed by atoms with Crippen molar-refractivity contribution in [1.29, 1.82) is 0 Å². The van der Waals surface area contributed by atoms with Crippen molar-refractivity contribution in [3.05, 3.63) is 36.7 Å². The minimum Gasteiger partial charge on any atom is -0.368 e. The predicted molar refractivity (Wildman–Crippen MR) is 239 cm³/mol. The van der Waals surface area contributed by atoms with Crippen LogP contribution in [0.5, 0.6) is 0 Å². The zero-order valence-corrected chi connectivity index (χ0v) is 35.8. The third kappa shape index (κ3) is 13.1. The van der Waals surface area contributed by atoms with Crippen molar-refractivity contribution in [2.24, 2.45) is 5.92 Å². The minimum absolute atomic E-state index is 0. The van der Waals surface area contributed by atoms with Gasteiger partial charge < -0.3 is 27.4 Å². The summed E-state index contributed by atoms with van der Waals surface area (Å²) < 4.78 is 0. The summed E-state index contributed by atoms with van der Waals surface area (Å²) in [6.07, 6.45) is 19.0. The third-order valence-electron chi connectivity index (χ3n) is 11.1. The number of unbranched alkanes of at least 4 members (excludes halogenated alkanes) is 2. The molecule has 13 nitrogen and oxygen atoms in total. The van der Waals surface area contributed by atoms with E-state index in [1.165, 1.54) is 6.42 Å². The minimum atomic E-state index is -0.258. The number of anilines is 4. The van der Waals surface area contributed by atoms with E-state index in [1.807, 2.05) is 24.3 Å². The number of fused-ring (bicyclic) bond motifs is 2. The second-order valence-electron chi connectivity index (χ2n) is 15.7. The second-order valence-corrected chi connectivity index (χ2v) is 15.7. The van der Waals surface area contributed by atoms with Crippen LogP contribution in [0.3, 0.4) is 0 Å². The number of Topliss-reactive ketones (excluding diaryl/α,β-unsaturated/α-hetero) is 2. The van der Waals surface area contributed by atoms with Crippen LogP contribution in [0, 0.1) is 5.92 Å². The van der Waals surface area contributed by atoms with Gasteiger partial charge in [0.25, 0.3) is 0 Å². The fourth-order valence-corrected chi connectivity index (χ4v) is 7.38. The van der Waals surface area contributed by atoms with E-state index in [2.05, 4.69) is 73.5 Å². The molecule has 2 aliphatic rings. The highest BCUT2D eigenvalue weighted by atomic mass is 32.1. The molecule has 2 unspecified atom stereocenters. The Balaban J connectivity index is 0.000000291. The average molecular weight is 808 g/mol. The van der Waals surface area contributed by atoms with Crippen LogP contribution in [0.4, 0.5) is 23.5 Å². The number of hydrogen-bond acceptors (Lipinski definition) is 13. The molecule has 15 heteroatoms. The van der Waals surface area contributed by atoms with Crippen molar-refractivity contribution in [3.8, 4) is 0 Å². The van der Waals surface area contributed by atoms with E-state index < -0.39 is 0 Å². The van der Waals surface area contributed by atoms with Crippen LogP contribution < -0.4 is 27.4 Å². The third-order valence-corrected chi connectivity index (χ3v) is 11.1. The standard InChI is InChI=1S/C21H32N6O.C20H29N5O.2H2S/c1-3-4-11-21(2,12-10-17(28)15-8-5-6-13-23-15)27-19-18-16(9-7-14-24-18)25-20(22)26-19;1-3-4-11-20(2,12-10-16(26)14-7-5-8-14)25-18-17-15(9-6-13-22-17)23-19(21)24-18;;/h7,9,14-15,23H,3-6,8,10-13H2,1-2H3,(H3,22,25,26,27);6,9,13-14H,3-5,7-8,10-12H2,1-2H3,(H3,21,23,24,25);2*1H2/t15-,21?;;;/m0.../s1.